The first kappa shape index (κ1) is 29.7. The Morgan fingerprint density at radius 2 is 1.35 bits per heavy atom. The Balaban J connectivity index is 1.84. The molecule has 0 aliphatic heterocycles. The minimum atomic E-state index is -0.435. The predicted octanol–water partition coefficient (Wildman–Crippen LogP) is 4.18. The van der Waals surface area contributed by atoms with Crippen LogP contribution in [0.25, 0.3) is 0 Å². The normalized spacial score (nSPS) is 11.3. The number of aldehydes is 1. The van der Waals surface area contributed by atoms with Crippen LogP contribution in [0.5, 0.6) is 5.75 Å². The maximum Gasteiger partial charge on any atom is 0.306 e. The summed E-state index contributed by atoms with van der Waals surface area (Å²) in [5, 5.41) is 0. The Kier molecular flexibility index (Phi) is 15.8. The summed E-state index contributed by atoms with van der Waals surface area (Å²) < 4.78 is 27.1. The zero-order valence-corrected chi connectivity index (χ0v) is 20.8. The lowest BCUT2D eigenvalue weighted by Gasteiger charge is -2.19. The van der Waals surface area contributed by atoms with Crippen LogP contribution in [0.1, 0.15) is 69.7 Å². The molecule has 8 nitrogen and oxygen atoms in total. The lowest BCUT2D eigenvalue weighted by molar-refractivity contribution is -0.155. The molecule has 0 radical (unpaired) electrons. The van der Waals surface area contributed by atoms with Crippen LogP contribution in [0, 0.1) is 0 Å². The van der Waals surface area contributed by atoms with E-state index in [0.29, 0.717) is 70.1 Å². The molecule has 0 saturated heterocycles. The maximum absolute atomic E-state index is 11.9. The van der Waals surface area contributed by atoms with Crippen molar-refractivity contribution in [2.24, 2.45) is 0 Å². The van der Waals surface area contributed by atoms with Crippen LogP contribution in [0.2, 0.25) is 0 Å². The van der Waals surface area contributed by atoms with E-state index in [9.17, 15) is 14.4 Å². The Morgan fingerprint density at radius 3 is 1.94 bits per heavy atom. The van der Waals surface area contributed by atoms with Crippen molar-refractivity contribution in [3.8, 4) is 5.75 Å². The molecule has 0 bridgehead atoms. The van der Waals surface area contributed by atoms with E-state index in [1.54, 1.807) is 24.3 Å². The highest BCUT2D eigenvalue weighted by Crippen LogP contribution is 2.15. The van der Waals surface area contributed by atoms with Gasteiger partial charge in [0.15, 0.2) is 12.1 Å². The topological polar surface area (TPSA) is 97.4 Å². The monoisotopic (exact) mass is 480 g/mol. The second-order valence-electron chi connectivity index (χ2n) is 8.82. The largest absolute Gasteiger partial charge is 0.485 e. The summed E-state index contributed by atoms with van der Waals surface area (Å²) in [6.07, 6.45) is 4.60. The number of carbonyl (C=O) groups is 3. The van der Waals surface area contributed by atoms with Crippen molar-refractivity contribution in [1.82, 2.24) is 0 Å². The Hall–Kier alpha value is -2.29. The number of esters is 1. The molecule has 0 heterocycles. The quantitative estimate of drug-likeness (QED) is 0.156. The molecular formula is C26H40O8. The van der Waals surface area contributed by atoms with E-state index in [1.807, 2.05) is 20.8 Å². The van der Waals surface area contributed by atoms with E-state index in [2.05, 4.69) is 0 Å². The number of hydrogen-bond donors (Lipinski definition) is 0. The van der Waals surface area contributed by atoms with Gasteiger partial charge in [-0.3, -0.25) is 14.4 Å². The average Bonchev–Trinajstić information content (AvgIpc) is 2.79. The summed E-state index contributed by atoms with van der Waals surface area (Å²) in [5.41, 5.74) is 0.00303. The molecule has 192 valence electrons. The number of rotatable bonds is 20. The SMILES string of the molecule is CC(C)(C)OC(=O)CCCCOCCOCCOCCCCC(=O)COc1ccccc1C=O. The zero-order chi connectivity index (χ0) is 25.1. The van der Waals surface area contributed by atoms with Crippen LogP contribution < -0.4 is 4.74 Å². The molecule has 0 spiro atoms. The summed E-state index contributed by atoms with van der Waals surface area (Å²) in [6.45, 7) is 8.70. The van der Waals surface area contributed by atoms with Gasteiger partial charge in [0.1, 0.15) is 18.0 Å². The average molecular weight is 481 g/mol. The third kappa shape index (κ3) is 16.3. The first-order valence-electron chi connectivity index (χ1n) is 12.0. The standard InChI is InChI=1S/C26H40O8/c1-26(2,3)34-25(29)13-7-9-15-31-17-19-32-18-16-30-14-8-6-11-23(28)21-33-24-12-5-4-10-22(24)20-27/h4-5,10,12,20H,6-9,11,13-19,21H2,1-3H3. The third-order valence-electron chi connectivity index (χ3n) is 4.51. The minimum Gasteiger partial charge on any atom is -0.485 e. The van der Waals surface area contributed by atoms with Gasteiger partial charge < -0.3 is 23.7 Å². The van der Waals surface area contributed by atoms with E-state index >= 15 is 0 Å². The van der Waals surface area contributed by atoms with E-state index in [1.165, 1.54) is 0 Å². The maximum atomic E-state index is 11.9. The number of Topliss-reactive ketones (excluding diaryl/α,β-unsaturated/α-hetero) is 1. The van der Waals surface area contributed by atoms with Crippen LogP contribution >= 0.6 is 0 Å². The number of ketones is 1. The zero-order valence-electron chi connectivity index (χ0n) is 20.8. The van der Waals surface area contributed by atoms with Gasteiger partial charge in [-0.2, -0.15) is 0 Å². The van der Waals surface area contributed by atoms with Gasteiger partial charge in [-0.25, -0.2) is 0 Å². The number of benzene rings is 1. The summed E-state index contributed by atoms with van der Waals surface area (Å²) in [5.74, 6) is 0.250. The molecule has 0 N–H and O–H groups in total. The van der Waals surface area contributed by atoms with Gasteiger partial charge in [0.05, 0.1) is 32.0 Å². The molecule has 0 aliphatic carbocycles. The molecular weight excluding hydrogens is 440 g/mol. The van der Waals surface area contributed by atoms with Crippen LogP contribution in [-0.4, -0.2) is 69.9 Å². The molecule has 0 amide bonds. The van der Waals surface area contributed by atoms with Gasteiger partial charge in [-0.15, -0.1) is 0 Å². The minimum absolute atomic E-state index is 0.00567. The fourth-order valence-electron chi connectivity index (χ4n) is 2.87. The second kappa shape index (κ2) is 18.1. The van der Waals surface area contributed by atoms with Gasteiger partial charge in [0, 0.05) is 26.1 Å². The molecule has 8 heteroatoms. The Morgan fingerprint density at radius 1 is 0.794 bits per heavy atom. The van der Waals surface area contributed by atoms with E-state index < -0.39 is 5.60 Å². The van der Waals surface area contributed by atoms with Crippen molar-refractivity contribution in [2.75, 3.05) is 46.2 Å². The van der Waals surface area contributed by atoms with Gasteiger partial charge in [0.2, 0.25) is 0 Å². The Bertz CT molecular complexity index is 711. The summed E-state index contributed by atoms with van der Waals surface area (Å²) >= 11 is 0. The van der Waals surface area contributed by atoms with Crippen molar-refractivity contribution >= 4 is 18.0 Å². The van der Waals surface area contributed by atoms with Crippen molar-refractivity contribution in [1.29, 1.82) is 0 Å². The third-order valence-corrected chi connectivity index (χ3v) is 4.51. The van der Waals surface area contributed by atoms with Crippen molar-refractivity contribution in [2.45, 2.75) is 64.9 Å². The van der Waals surface area contributed by atoms with E-state index in [4.69, 9.17) is 23.7 Å². The van der Waals surface area contributed by atoms with Crippen molar-refractivity contribution in [3.63, 3.8) is 0 Å². The molecule has 1 aromatic rings. The fraction of sp³-hybridized carbons (Fsp3) is 0.654. The summed E-state index contributed by atoms with van der Waals surface area (Å²) in [4.78, 5) is 34.4. The van der Waals surface area contributed by atoms with Gasteiger partial charge in [-0.1, -0.05) is 12.1 Å². The Labute approximate surface area is 203 Å². The first-order valence-corrected chi connectivity index (χ1v) is 12.0. The van der Waals surface area contributed by atoms with Gasteiger partial charge >= 0.3 is 5.97 Å². The van der Waals surface area contributed by atoms with Gasteiger partial charge in [-0.05, 0) is 58.6 Å². The lowest BCUT2D eigenvalue weighted by atomic mass is 10.2. The molecule has 0 fully saturated rings. The molecule has 1 aromatic carbocycles. The van der Waals surface area contributed by atoms with Gasteiger partial charge in [0.25, 0.3) is 0 Å². The van der Waals surface area contributed by atoms with Crippen LogP contribution in [0.3, 0.4) is 0 Å². The molecule has 0 unspecified atom stereocenters. The number of para-hydroxylation sites is 1. The van der Waals surface area contributed by atoms with Crippen LogP contribution in [0.15, 0.2) is 24.3 Å². The van der Waals surface area contributed by atoms with Crippen molar-refractivity contribution < 1.29 is 38.1 Å². The molecule has 0 aliphatic rings. The fourth-order valence-corrected chi connectivity index (χ4v) is 2.87. The number of hydrogen-bond acceptors (Lipinski definition) is 8. The molecule has 34 heavy (non-hydrogen) atoms. The highest BCUT2D eigenvalue weighted by molar-refractivity contribution is 5.81. The van der Waals surface area contributed by atoms with E-state index in [0.717, 1.165) is 25.7 Å². The second-order valence-corrected chi connectivity index (χ2v) is 8.82. The summed E-state index contributed by atoms with van der Waals surface area (Å²) in [6, 6.07) is 6.83. The smallest absolute Gasteiger partial charge is 0.306 e. The van der Waals surface area contributed by atoms with Crippen LogP contribution in [0.4, 0.5) is 0 Å². The van der Waals surface area contributed by atoms with E-state index in [-0.39, 0.29) is 18.4 Å². The lowest BCUT2D eigenvalue weighted by Crippen LogP contribution is -2.23. The highest BCUT2D eigenvalue weighted by atomic mass is 16.6. The predicted molar refractivity (Wildman–Crippen MR) is 128 cm³/mol. The number of carbonyl (C=O) groups excluding carboxylic acids is 3. The summed E-state index contributed by atoms with van der Waals surface area (Å²) in [7, 11) is 0. The molecule has 0 saturated carbocycles. The van der Waals surface area contributed by atoms with Crippen LogP contribution in [-0.2, 0) is 28.5 Å². The molecule has 0 atom stereocenters. The number of unbranched alkanes of at least 4 members (excludes halogenated alkanes) is 2. The number of ether oxygens (including phenoxy) is 5. The highest BCUT2D eigenvalue weighted by Gasteiger charge is 2.15. The van der Waals surface area contributed by atoms with Crippen molar-refractivity contribution in [3.05, 3.63) is 29.8 Å². The molecule has 1 rings (SSSR count). The molecule has 0 aromatic heterocycles. The first-order chi connectivity index (χ1) is 16.3.